The molecule has 0 aliphatic rings. The molecule has 0 saturated carbocycles. The van der Waals surface area contributed by atoms with Gasteiger partial charge in [-0.1, -0.05) is 35.4 Å². The van der Waals surface area contributed by atoms with Crippen LogP contribution in [0.25, 0.3) is 16.6 Å². The largest absolute Gasteiger partial charge is 0.298 e. The maximum atomic E-state index is 12.8. The zero-order valence-corrected chi connectivity index (χ0v) is 18.8. The van der Waals surface area contributed by atoms with Crippen LogP contribution in [0, 0.1) is 6.92 Å². The van der Waals surface area contributed by atoms with E-state index >= 15 is 0 Å². The number of benzene rings is 2. The van der Waals surface area contributed by atoms with Crippen molar-refractivity contribution in [3.8, 4) is 5.69 Å². The topological polar surface area (TPSA) is 86.1 Å². The summed E-state index contributed by atoms with van der Waals surface area (Å²) < 4.78 is 26.6. The minimum Gasteiger partial charge on any atom is -0.298 e. The molecule has 0 aliphatic heterocycles. The lowest BCUT2D eigenvalue weighted by atomic mass is 10.1. The third-order valence-electron chi connectivity index (χ3n) is 4.74. The van der Waals surface area contributed by atoms with Crippen LogP contribution in [-0.2, 0) is 21.1 Å². The zero-order valence-electron chi connectivity index (χ0n) is 16.4. The van der Waals surface area contributed by atoms with Crippen LogP contribution in [0.3, 0.4) is 0 Å². The van der Waals surface area contributed by atoms with Crippen molar-refractivity contribution in [3.05, 3.63) is 86.7 Å². The number of carbonyl (C=O) groups is 1. The van der Waals surface area contributed by atoms with Gasteiger partial charge in [-0.2, -0.15) is 0 Å². The Kier molecular flexibility index (Phi) is 5.79. The van der Waals surface area contributed by atoms with E-state index in [2.05, 4.69) is 4.98 Å². The van der Waals surface area contributed by atoms with Crippen LogP contribution in [0.5, 0.6) is 0 Å². The van der Waals surface area contributed by atoms with E-state index in [0.29, 0.717) is 26.5 Å². The average Bonchev–Trinajstić information content (AvgIpc) is 3.16. The SMILES string of the molecule is Cc1ccc2ncn(-c3ccc(CC(=O)CS(=O)(=O)c4ccc(Cl)s4)cc3)c(=O)c2c1. The maximum absolute atomic E-state index is 12.8. The molecule has 0 N–H and O–H groups in total. The van der Waals surface area contributed by atoms with E-state index in [0.717, 1.165) is 16.9 Å². The van der Waals surface area contributed by atoms with Crippen LogP contribution in [0.1, 0.15) is 11.1 Å². The van der Waals surface area contributed by atoms with Gasteiger partial charge in [0.1, 0.15) is 16.3 Å². The van der Waals surface area contributed by atoms with Gasteiger partial charge in [0.2, 0.25) is 0 Å². The fourth-order valence-electron chi connectivity index (χ4n) is 3.22. The van der Waals surface area contributed by atoms with Crippen LogP contribution in [-0.4, -0.2) is 29.5 Å². The standard InChI is InChI=1S/C22H17ClN2O4S2/c1-14-2-7-19-18(10-14)22(27)25(13-24-19)16-5-3-15(4-6-16)11-17(26)12-31(28,29)21-9-8-20(23)30-21/h2-10,13H,11-12H2,1H3. The third-order valence-corrected chi connectivity index (χ3v) is 8.22. The monoisotopic (exact) mass is 472 g/mol. The first-order valence-electron chi connectivity index (χ1n) is 9.30. The zero-order chi connectivity index (χ0) is 22.2. The second-order valence-electron chi connectivity index (χ2n) is 7.14. The predicted octanol–water partition coefficient (Wildman–Crippen LogP) is 3.99. The highest BCUT2D eigenvalue weighted by Gasteiger charge is 2.21. The number of halogens is 1. The Hall–Kier alpha value is -2.81. The van der Waals surface area contributed by atoms with Gasteiger partial charge in [-0.05, 0) is 48.9 Å². The second kappa shape index (κ2) is 8.37. The summed E-state index contributed by atoms with van der Waals surface area (Å²) in [5.74, 6) is -1.00. The number of hydrogen-bond acceptors (Lipinski definition) is 6. The summed E-state index contributed by atoms with van der Waals surface area (Å²) in [6.07, 6.45) is 1.45. The molecule has 0 unspecified atom stereocenters. The van der Waals surface area contributed by atoms with Crippen molar-refractivity contribution >= 4 is 49.5 Å². The summed E-state index contributed by atoms with van der Waals surface area (Å²) in [7, 11) is -3.71. The molecule has 158 valence electrons. The van der Waals surface area contributed by atoms with E-state index in [4.69, 9.17) is 11.6 Å². The van der Waals surface area contributed by atoms with Crippen LogP contribution in [0.4, 0.5) is 0 Å². The number of hydrogen-bond donors (Lipinski definition) is 0. The summed E-state index contributed by atoms with van der Waals surface area (Å²) in [6, 6.07) is 15.2. The van der Waals surface area contributed by atoms with Crippen molar-refractivity contribution in [2.75, 3.05) is 5.75 Å². The molecule has 2 aromatic heterocycles. The Labute approximate surface area is 187 Å². The van der Waals surface area contributed by atoms with Crippen LogP contribution in [0.15, 0.2) is 69.9 Å². The van der Waals surface area contributed by atoms with E-state index in [1.807, 2.05) is 19.1 Å². The lowest BCUT2D eigenvalue weighted by Gasteiger charge is -2.08. The van der Waals surface area contributed by atoms with E-state index in [9.17, 15) is 18.0 Å². The van der Waals surface area contributed by atoms with Crippen LogP contribution in [0.2, 0.25) is 4.34 Å². The Bertz CT molecular complexity index is 1460. The molecule has 0 amide bonds. The molecule has 31 heavy (non-hydrogen) atoms. The van der Waals surface area contributed by atoms with Gasteiger partial charge in [-0.3, -0.25) is 14.2 Å². The molecule has 0 spiro atoms. The second-order valence-corrected chi connectivity index (χ2v) is 11.1. The minimum absolute atomic E-state index is 0.0251. The fourth-order valence-corrected chi connectivity index (χ4v) is 6.03. The molecule has 0 radical (unpaired) electrons. The fraction of sp³-hybridized carbons (Fsp3) is 0.136. The highest BCUT2D eigenvalue weighted by Crippen LogP contribution is 2.26. The smallest absolute Gasteiger partial charge is 0.265 e. The average molecular weight is 473 g/mol. The van der Waals surface area contributed by atoms with Crippen molar-refractivity contribution in [3.63, 3.8) is 0 Å². The molecular weight excluding hydrogens is 456 g/mol. The van der Waals surface area contributed by atoms with Gasteiger partial charge in [0.25, 0.3) is 5.56 Å². The minimum atomic E-state index is -3.71. The van der Waals surface area contributed by atoms with E-state index in [1.54, 1.807) is 30.3 Å². The Balaban J connectivity index is 1.52. The van der Waals surface area contributed by atoms with E-state index < -0.39 is 21.4 Å². The Morgan fingerprint density at radius 3 is 2.52 bits per heavy atom. The molecule has 4 rings (SSSR count). The van der Waals surface area contributed by atoms with Crippen LogP contribution >= 0.6 is 22.9 Å². The first-order valence-corrected chi connectivity index (χ1v) is 12.1. The normalized spacial score (nSPS) is 11.7. The number of sulfone groups is 1. The van der Waals surface area contributed by atoms with Gasteiger partial charge in [0.05, 0.1) is 20.9 Å². The summed E-state index contributed by atoms with van der Waals surface area (Å²) in [6.45, 7) is 1.91. The molecule has 4 aromatic rings. The molecule has 0 atom stereocenters. The summed E-state index contributed by atoms with van der Waals surface area (Å²) in [4.78, 5) is 29.5. The first-order chi connectivity index (χ1) is 14.7. The number of Topliss-reactive ketones (excluding diaryl/α,β-unsaturated/α-hetero) is 1. The van der Waals surface area contributed by atoms with Crippen molar-refractivity contribution in [1.29, 1.82) is 0 Å². The van der Waals surface area contributed by atoms with Crippen LogP contribution < -0.4 is 5.56 Å². The Morgan fingerprint density at radius 2 is 1.84 bits per heavy atom. The summed E-state index contributed by atoms with van der Waals surface area (Å²) in [5.41, 5.74) is 2.68. The molecular formula is C22H17ClN2O4S2. The van der Waals surface area contributed by atoms with Crippen molar-refractivity contribution in [2.24, 2.45) is 0 Å². The molecule has 0 fully saturated rings. The molecule has 6 nitrogen and oxygen atoms in total. The lowest BCUT2D eigenvalue weighted by molar-refractivity contribution is -0.116. The quantitative estimate of drug-likeness (QED) is 0.423. The van der Waals surface area contributed by atoms with Crippen molar-refractivity contribution in [2.45, 2.75) is 17.6 Å². The molecule has 2 heterocycles. The number of thiophene rings is 1. The van der Waals surface area contributed by atoms with Gasteiger partial charge in [-0.15, -0.1) is 11.3 Å². The van der Waals surface area contributed by atoms with E-state index in [1.165, 1.54) is 23.0 Å². The van der Waals surface area contributed by atoms with E-state index in [-0.39, 0.29) is 16.2 Å². The molecule has 0 bridgehead atoms. The van der Waals surface area contributed by atoms with Gasteiger partial charge < -0.3 is 0 Å². The predicted molar refractivity (Wildman–Crippen MR) is 122 cm³/mol. The maximum Gasteiger partial charge on any atom is 0.265 e. The number of rotatable bonds is 6. The molecule has 2 aromatic carbocycles. The highest BCUT2D eigenvalue weighted by molar-refractivity contribution is 7.94. The number of aromatic nitrogens is 2. The number of ketones is 1. The van der Waals surface area contributed by atoms with Gasteiger partial charge in [0, 0.05) is 6.42 Å². The molecule has 0 aliphatic carbocycles. The number of nitrogens with zero attached hydrogens (tertiary/aromatic N) is 2. The highest BCUT2D eigenvalue weighted by atomic mass is 35.5. The molecule has 0 saturated heterocycles. The van der Waals surface area contributed by atoms with Gasteiger partial charge >= 0.3 is 0 Å². The number of fused-ring (bicyclic) bond motifs is 1. The third kappa shape index (κ3) is 4.61. The lowest BCUT2D eigenvalue weighted by Crippen LogP contribution is -2.19. The Morgan fingerprint density at radius 1 is 1.10 bits per heavy atom. The van der Waals surface area contributed by atoms with Gasteiger partial charge in [0.15, 0.2) is 15.6 Å². The van der Waals surface area contributed by atoms with Gasteiger partial charge in [-0.25, -0.2) is 13.4 Å². The summed E-state index contributed by atoms with van der Waals surface area (Å²) >= 11 is 6.72. The number of aryl methyl sites for hydroxylation is 1. The van der Waals surface area contributed by atoms with Crippen molar-refractivity contribution < 1.29 is 13.2 Å². The number of carbonyl (C=O) groups excluding carboxylic acids is 1. The van der Waals surface area contributed by atoms with Crippen molar-refractivity contribution in [1.82, 2.24) is 9.55 Å². The molecule has 9 heteroatoms. The first kappa shape index (κ1) is 21.4. The summed E-state index contributed by atoms with van der Waals surface area (Å²) in [5, 5.41) is 0.528.